The number of aryl methyl sites for hydroxylation is 1. The van der Waals surface area contributed by atoms with Gasteiger partial charge >= 0.3 is 12.0 Å². The van der Waals surface area contributed by atoms with Crippen molar-refractivity contribution in [1.29, 1.82) is 0 Å². The fourth-order valence-electron chi connectivity index (χ4n) is 2.69. The molecule has 1 aromatic heterocycles. The molecule has 1 saturated carbocycles. The first-order valence-corrected chi connectivity index (χ1v) is 6.86. The second-order valence-corrected chi connectivity index (χ2v) is 5.22. The number of hydrogen-bond acceptors (Lipinski definition) is 3. The lowest BCUT2D eigenvalue weighted by atomic mass is 9.93. The van der Waals surface area contributed by atoms with E-state index < -0.39 is 11.5 Å². The fourth-order valence-corrected chi connectivity index (χ4v) is 2.69. The van der Waals surface area contributed by atoms with Gasteiger partial charge in [0.2, 0.25) is 0 Å². The predicted molar refractivity (Wildman–Crippen MR) is 73.5 cm³/mol. The SMILES string of the molecule is CCn1cc(NC(=O)NC2(CC(=O)O)CCCC2)cn1. The van der Waals surface area contributed by atoms with Crippen LogP contribution in [0.4, 0.5) is 10.5 Å². The van der Waals surface area contributed by atoms with Gasteiger partial charge in [-0.05, 0) is 19.8 Å². The van der Waals surface area contributed by atoms with Gasteiger partial charge in [0, 0.05) is 12.7 Å². The molecular weight excluding hydrogens is 260 g/mol. The minimum Gasteiger partial charge on any atom is -0.481 e. The quantitative estimate of drug-likeness (QED) is 0.766. The molecule has 2 rings (SSSR count). The maximum atomic E-state index is 12.0. The summed E-state index contributed by atoms with van der Waals surface area (Å²) in [4.78, 5) is 23.0. The van der Waals surface area contributed by atoms with Crippen LogP contribution < -0.4 is 10.6 Å². The minimum atomic E-state index is -0.883. The zero-order chi connectivity index (χ0) is 14.6. The monoisotopic (exact) mass is 280 g/mol. The molecule has 20 heavy (non-hydrogen) atoms. The van der Waals surface area contributed by atoms with Crippen molar-refractivity contribution in [3.8, 4) is 0 Å². The lowest BCUT2D eigenvalue weighted by Crippen LogP contribution is -2.49. The van der Waals surface area contributed by atoms with Crippen molar-refractivity contribution in [2.24, 2.45) is 0 Å². The van der Waals surface area contributed by atoms with E-state index in [1.54, 1.807) is 17.1 Å². The lowest BCUT2D eigenvalue weighted by Gasteiger charge is -2.28. The Bertz CT molecular complexity index is 492. The standard InChI is InChI=1S/C13H20N4O3/c1-2-17-9-10(8-14-17)15-12(20)16-13(7-11(18)19)5-3-4-6-13/h8-9H,2-7H2,1H3,(H,18,19)(H2,15,16,20). The number of carbonyl (C=O) groups excluding carboxylic acids is 1. The van der Waals surface area contributed by atoms with E-state index in [0.717, 1.165) is 19.4 Å². The fraction of sp³-hybridized carbons (Fsp3) is 0.615. The van der Waals surface area contributed by atoms with Gasteiger partial charge in [0.1, 0.15) is 0 Å². The van der Waals surface area contributed by atoms with Crippen LogP contribution in [0.25, 0.3) is 0 Å². The summed E-state index contributed by atoms with van der Waals surface area (Å²) in [6, 6.07) is -0.371. The number of carboxylic acids is 1. The first-order chi connectivity index (χ1) is 9.53. The number of nitrogens with zero attached hydrogens (tertiary/aromatic N) is 2. The Balaban J connectivity index is 1.96. The average Bonchev–Trinajstić information content (AvgIpc) is 2.98. The van der Waals surface area contributed by atoms with Gasteiger partial charge in [0.05, 0.1) is 23.8 Å². The molecule has 1 fully saturated rings. The van der Waals surface area contributed by atoms with Crippen molar-refractivity contribution >= 4 is 17.7 Å². The van der Waals surface area contributed by atoms with E-state index in [2.05, 4.69) is 15.7 Å². The number of hydrogen-bond donors (Lipinski definition) is 3. The molecule has 0 aliphatic heterocycles. The van der Waals surface area contributed by atoms with E-state index in [1.807, 2.05) is 6.92 Å². The molecule has 0 atom stereocenters. The summed E-state index contributed by atoms with van der Waals surface area (Å²) in [5.41, 5.74) is -0.00995. The smallest absolute Gasteiger partial charge is 0.319 e. The van der Waals surface area contributed by atoms with Crippen LogP contribution in [0.2, 0.25) is 0 Å². The maximum absolute atomic E-state index is 12.0. The summed E-state index contributed by atoms with van der Waals surface area (Å²) in [5.74, 6) is -0.883. The van der Waals surface area contributed by atoms with Crippen LogP contribution >= 0.6 is 0 Å². The molecule has 110 valence electrons. The van der Waals surface area contributed by atoms with Gasteiger partial charge in [-0.2, -0.15) is 5.10 Å². The highest BCUT2D eigenvalue weighted by Crippen LogP contribution is 2.32. The Morgan fingerprint density at radius 2 is 2.15 bits per heavy atom. The molecule has 0 spiro atoms. The van der Waals surface area contributed by atoms with E-state index in [1.165, 1.54) is 0 Å². The Labute approximate surface area is 117 Å². The van der Waals surface area contributed by atoms with Crippen LogP contribution in [0.3, 0.4) is 0 Å². The second-order valence-electron chi connectivity index (χ2n) is 5.22. The zero-order valence-corrected chi connectivity index (χ0v) is 11.6. The van der Waals surface area contributed by atoms with E-state index in [4.69, 9.17) is 5.11 Å². The molecular formula is C13H20N4O3. The molecule has 3 N–H and O–H groups in total. The van der Waals surface area contributed by atoms with Crippen molar-refractivity contribution in [3.63, 3.8) is 0 Å². The minimum absolute atomic E-state index is 0.0331. The Morgan fingerprint density at radius 1 is 1.45 bits per heavy atom. The van der Waals surface area contributed by atoms with Gasteiger partial charge in [-0.1, -0.05) is 12.8 Å². The van der Waals surface area contributed by atoms with Gasteiger partial charge in [-0.3, -0.25) is 9.48 Å². The first-order valence-electron chi connectivity index (χ1n) is 6.86. The van der Waals surface area contributed by atoms with Crippen molar-refractivity contribution in [2.75, 3.05) is 5.32 Å². The van der Waals surface area contributed by atoms with Crippen LogP contribution in [-0.4, -0.2) is 32.4 Å². The number of nitrogens with one attached hydrogen (secondary N) is 2. The number of amides is 2. The molecule has 2 amide bonds. The van der Waals surface area contributed by atoms with Crippen molar-refractivity contribution in [3.05, 3.63) is 12.4 Å². The second kappa shape index (κ2) is 5.94. The van der Waals surface area contributed by atoms with Crippen molar-refractivity contribution in [2.45, 2.75) is 51.1 Å². The van der Waals surface area contributed by atoms with E-state index in [9.17, 15) is 9.59 Å². The molecule has 1 aliphatic rings. The Morgan fingerprint density at radius 3 is 2.70 bits per heavy atom. The summed E-state index contributed by atoms with van der Waals surface area (Å²) >= 11 is 0. The van der Waals surface area contributed by atoms with Crippen LogP contribution in [0.15, 0.2) is 12.4 Å². The molecule has 0 aromatic carbocycles. The number of urea groups is 1. The van der Waals surface area contributed by atoms with E-state index in [-0.39, 0.29) is 12.5 Å². The summed E-state index contributed by atoms with van der Waals surface area (Å²) in [7, 11) is 0. The third-order valence-electron chi connectivity index (χ3n) is 3.64. The highest BCUT2D eigenvalue weighted by molar-refractivity contribution is 5.89. The number of rotatable bonds is 5. The molecule has 1 aliphatic carbocycles. The molecule has 7 heteroatoms. The van der Waals surface area contributed by atoms with Crippen LogP contribution in [0.1, 0.15) is 39.0 Å². The zero-order valence-electron chi connectivity index (χ0n) is 11.6. The van der Waals surface area contributed by atoms with Gasteiger partial charge in [0.15, 0.2) is 0 Å². The maximum Gasteiger partial charge on any atom is 0.319 e. The first kappa shape index (κ1) is 14.4. The summed E-state index contributed by atoms with van der Waals surface area (Å²) in [5, 5.41) is 18.6. The average molecular weight is 280 g/mol. The number of aromatic nitrogens is 2. The van der Waals surface area contributed by atoms with Crippen LogP contribution in [0.5, 0.6) is 0 Å². The van der Waals surface area contributed by atoms with Gasteiger partial charge in [-0.25, -0.2) is 4.79 Å². The van der Waals surface area contributed by atoms with Crippen LogP contribution in [-0.2, 0) is 11.3 Å². The Kier molecular flexibility index (Phi) is 4.26. The van der Waals surface area contributed by atoms with Gasteiger partial charge in [0.25, 0.3) is 0 Å². The number of carboxylic acid groups (broad SMARTS) is 1. The predicted octanol–water partition coefficient (Wildman–Crippen LogP) is 1.81. The molecule has 1 heterocycles. The van der Waals surface area contributed by atoms with Crippen molar-refractivity contribution < 1.29 is 14.7 Å². The molecule has 0 unspecified atom stereocenters. The molecule has 1 aromatic rings. The van der Waals surface area contributed by atoms with Gasteiger partial charge in [-0.15, -0.1) is 0 Å². The van der Waals surface area contributed by atoms with Crippen molar-refractivity contribution in [1.82, 2.24) is 15.1 Å². The Hall–Kier alpha value is -2.05. The number of aliphatic carboxylic acids is 1. The van der Waals surface area contributed by atoms with Gasteiger partial charge < -0.3 is 15.7 Å². The third kappa shape index (κ3) is 3.49. The summed E-state index contributed by atoms with van der Waals surface area (Å²) in [6.45, 7) is 2.68. The van der Waals surface area contributed by atoms with Crippen LogP contribution in [0, 0.1) is 0 Å². The molecule has 7 nitrogen and oxygen atoms in total. The molecule has 0 radical (unpaired) electrons. The molecule has 0 saturated heterocycles. The highest BCUT2D eigenvalue weighted by Gasteiger charge is 2.37. The topological polar surface area (TPSA) is 96.2 Å². The normalized spacial score (nSPS) is 16.9. The lowest BCUT2D eigenvalue weighted by molar-refractivity contribution is -0.138. The number of anilines is 1. The highest BCUT2D eigenvalue weighted by atomic mass is 16.4. The largest absolute Gasteiger partial charge is 0.481 e. The third-order valence-corrected chi connectivity index (χ3v) is 3.64. The molecule has 0 bridgehead atoms. The van der Waals surface area contributed by atoms with E-state index >= 15 is 0 Å². The summed E-state index contributed by atoms with van der Waals surface area (Å²) in [6.07, 6.45) is 6.58. The van der Waals surface area contributed by atoms with E-state index in [0.29, 0.717) is 18.5 Å². The number of carbonyl (C=O) groups is 2. The summed E-state index contributed by atoms with van der Waals surface area (Å²) < 4.78 is 1.71.